The van der Waals surface area contributed by atoms with Crippen molar-refractivity contribution >= 4 is 34.9 Å². The molecule has 0 saturated heterocycles. The predicted octanol–water partition coefficient (Wildman–Crippen LogP) is 3.06. The molecule has 0 fully saturated rings. The Hall–Kier alpha value is -3.46. The number of hydrogen-bond donors (Lipinski definition) is 4. The van der Waals surface area contributed by atoms with Crippen LogP contribution in [-0.4, -0.2) is 32.9 Å². The fourth-order valence-corrected chi connectivity index (χ4v) is 3.68. The number of nitrogens with two attached hydrogens (primary N) is 1. The third-order valence-electron chi connectivity index (χ3n) is 4.19. The van der Waals surface area contributed by atoms with Gasteiger partial charge in [0.1, 0.15) is 16.5 Å². The number of primary amides is 1. The van der Waals surface area contributed by atoms with Crippen LogP contribution in [0.3, 0.4) is 0 Å². The zero-order valence-electron chi connectivity index (χ0n) is 15.7. The Bertz CT molecular complexity index is 1050. The van der Waals surface area contributed by atoms with Crippen LogP contribution >= 0.6 is 11.3 Å². The maximum Gasteiger partial charge on any atom is 0.345 e. The summed E-state index contributed by atoms with van der Waals surface area (Å²) in [6.45, 7) is 2.08. The fourth-order valence-electron chi connectivity index (χ4n) is 2.82. The zero-order chi connectivity index (χ0) is 21.0. The maximum atomic E-state index is 12.5. The number of benzene rings is 1. The zero-order valence-corrected chi connectivity index (χ0v) is 16.5. The summed E-state index contributed by atoms with van der Waals surface area (Å²) in [7, 11) is 0. The molecule has 8 nitrogen and oxygen atoms in total. The van der Waals surface area contributed by atoms with Crippen LogP contribution in [-0.2, 0) is 12.8 Å². The highest BCUT2D eigenvalue weighted by Gasteiger charge is 2.19. The lowest BCUT2D eigenvalue weighted by Gasteiger charge is -2.05. The first-order valence-electron chi connectivity index (χ1n) is 8.98. The Morgan fingerprint density at radius 3 is 2.48 bits per heavy atom. The van der Waals surface area contributed by atoms with Gasteiger partial charge in [0.25, 0.3) is 11.8 Å². The maximum absolute atomic E-state index is 12.5. The lowest BCUT2D eigenvalue weighted by molar-refractivity contribution is 0.0701. The Morgan fingerprint density at radius 2 is 1.90 bits per heavy atom. The molecule has 29 heavy (non-hydrogen) atoms. The van der Waals surface area contributed by atoms with Crippen LogP contribution in [0, 0.1) is 0 Å². The lowest BCUT2D eigenvalue weighted by atomic mass is 10.1. The molecule has 0 radical (unpaired) electrons. The summed E-state index contributed by atoms with van der Waals surface area (Å²) in [5.74, 6) is -1.67. The van der Waals surface area contributed by atoms with Crippen LogP contribution in [0.2, 0.25) is 0 Å². The van der Waals surface area contributed by atoms with Gasteiger partial charge < -0.3 is 21.1 Å². The van der Waals surface area contributed by atoms with Gasteiger partial charge >= 0.3 is 5.97 Å². The number of hydrogen-bond acceptors (Lipinski definition) is 5. The summed E-state index contributed by atoms with van der Waals surface area (Å²) in [6, 6.07) is 10.4. The highest BCUT2D eigenvalue weighted by Crippen LogP contribution is 2.21. The highest BCUT2D eigenvalue weighted by molar-refractivity contribution is 7.13. The van der Waals surface area contributed by atoms with Gasteiger partial charge in [-0.3, -0.25) is 9.59 Å². The Labute approximate surface area is 170 Å². The first-order chi connectivity index (χ1) is 13.9. The quantitative estimate of drug-likeness (QED) is 0.450. The Balaban J connectivity index is 1.78. The minimum absolute atomic E-state index is 0.0778. The van der Waals surface area contributed by atoms with Crippen molar-refractivity contribution in [1.82, 2.24) is 9.97 Å². The van der Waals surface area contributed by atoms with E-state index in [1.807, 2.05) is 12.1 Å². The largest absolute Gasteiger partial charge is 0.477 e. The van der Waals surface area contributed by atoms with E-state index in [0.717, 1.165) is 34.6 Å². The van der Waals surface area contributed by atoms with Crippen molar-refractivity contribution in [3.63, 3.8) is 0 Å². The standard InChI is InChI=1S/C20H20N4O4S/c1-2-3-11-4-6-12(7-5-11)19(26)24-18-16(17(21)25)22-15(23-18)10-13-8-9-14(29-13)20(27)28/h4-9H,2-3,10H2,1H3,(H2,21,25)(H,22,23)(H,24,26)(H,27,28). The summed E-state index contributed by atoms with van der Waals surface area (Å²) in [5.41, 5.74) is 6.89. The van der Waals surface area contributed by atoms with E-state index in [1.165, 1.54) is 6.07 Å². The molecule has 150 valence electrons. The molecule has 3 rings (SSSR count). The van der Waals surface area contributed by atoms with Crippen LogP contribution < -0.4 is 11.1 Å². The number of aromatic amines is 1. The average Bonchev–Trinajstić information content (AvgIpc) is 3.30. The fraction of sp³-hybridized carbons (Fsp3) is 0.200. The van der Waals surface area contributed by atoms with Crippen molar-refractivity contribution < 1.29 is 19.5 Å². The minimum Gasteiger partial charge on any atom is -0.477 e. The van der Waals surface area contributed by atoms with Crippen molar-refractivity contribution in [3.8, 4) is 0 Å². The van der Waals surface area contributed by atoms with E-state index in [1.54, 1.807) is 18.2 Å². The Morgan fingerprint density at radius 1 is 1.17 bits per heavy atom. The van der Waals surface area contributed by atoms with Gasteiger partial charge in [0, 0.05) is 16.9 Å². The van der Waals surface area contributed by atoms with Crippen LogP contribution in [0.5, 0.6) is 0 Å². The number of carbonyl (C=O) groups excluding carboxylic acids is 2. The number of aromatic carboxylic acids is 1. The summed E-state index contributed by atoms with van der Waals surface area (Å²) in [4.78, 5) is 43.3. The smallest absolute Gasteiger partial charge is 0.345 e. The molecule has 0 atom stereocenters. The molecule has 5 N–H and O–H groups in total. The van der Waals surface area contributed by atoms with E-state index >= 15 is 0 Å². The molecule has 0 saturated carbocycles. The first kappa shape index (κ1) is 20.3. The van der Waals surface area contributed by atoms with Gasteiger partial charge in [-0.2, -0.15) is 0 Å². The molecular formula is C20H20N4O4S. The molecule has 3 aromatic rings. The number of aromatic nitrogens is 2. The molecule has 1 aromatic carbocycles. The second-order valence-electron chi connectivity index (χ2n) is 6.42. The third-order valence-corrected chi connectivity index (χ3v) is 5.27. The number of rotatable bonds is 8. The number of aryl methyl sites for hydroxylation is 1. The summed E-state index contributed by atoms with van der Waals surface area (Å²) >= 11 is 1.11. The number of imidazole rings is 1. The van der Waals surface area contributed by atoms with Gasteiger partial charge in [-0.1, -0.05) is 25.5 Å². The summed E-state index contributed by atoms with van der Waals surface area (Å²) < 4.78 is 0. The van der Waals surface area contributed by atoms with Crippen LogP contribution in [0.25, 0.3) is 0 Å². The molecule has 2 amide bonds. The monoisotopic (exact) mass is 412 g/mol. The van der Waals surface area contributed by atoms with E-state index in [0.29, 0.717) is 11.4 Å². The molecular weight excluding hydrogens is 392 g/mol. The molecule has 2 heterocycles. The van der Waals surface area contributed by atoms with Crippen molar-refractivity contribution in [2.24, 2.45) is 5.73 Å². The number of thiophene rings is 1. The van der Waals surface area contributed by atoms with Gasteiger partial charge in [0.05, 0.1) is 0 Å². The molecule has 0 aliphatic rings. The van der Waals surface area contributed by atoms with Crippen LogP contribution in [0.4, 0.5) is 5.82 Å². The highest BCUT2D eigenvalue weighted by atomic mass is 32.1. The second kappa shape index (κ2) is 8.70. The average molecular weight is 412 g/mol. The van der Waals surface area contributed by atoms with E-state index in [2.05, 4.69) is 22.2 Å². The SMILES string of the molecule is CCCc1ccc(C(=O)Nc2[nH]c(Cc3ccc(C(=O)O)s3)nc2C(N)=O)cc1. The van der Waals surface area contributed by atoms with Gasteiger partial charge in [-0.15, -0.1) is 11.3 Å². The van der Waals surface area contributed by atoms with Crippen molar-refractivity contribution in [2.75, 3.05) is 5.32 Å². The number of carboxylic acid groups (broad SMARTS) is 1. The molecule has 0 aliphatic carbocycles. The minimum atomic E-state index is -1.00. The van der Waals surface area contributed by atoms with E-state index in [-0.39, 0.29) is 22.8 Å². The third kappa shape index (κ3) is 4.88. The van der Waals surface area contributed by atoms with Crippen molar-refractivity contribution in [2.45, 2.75) is 26.2 Å². The number of nitrogens with zero attached hydrogens (tertiary/aromatic N) is 1. The van der Waals surface area contributed by atoms with Gasteiger partial charge in [-0.05, 0) is 36.2 Å². The number of nitrogens with one attached hydrogen (secondary N) is 2. The first-order valence-corrected chi connectivity index (χ1v) is 9.80. The van der Waals surface area contributed by atoms with Gasteiger partial charge in [-0.25, -0.2) is 9.78 Å². The van der Waals surface area contributed by atoms with Gasteiger partial charge in [0.15, 0.2) is 5.69 Å². The second-order valence-corrected chi connectivity index (χ2v) is 7.59. The number of anilines is 1. The molecule has 0 aliphatic heterocycles. The number of amides is 2. The van der Waals surface area contributed by atoms with Crippen molar-refractivity contribution in [1.29, 1.82) is 0 Å². The topological polar surface area (TPSA) is 138 Å². The normalized spacial score (nSPS) is 10.7. The predicted molar refractivity (Wildman–Crippen MR) is 110 cm³/mol. The number of carboxylic acids is 1. The van der Waals surface area contributed by atoms with Gasteiger partial charge in [0.2, 0.25) is 0 Å². The van der Waals surface area contributed by atoms with E-state index < -0.39 is 17.8 Å². The van der Waals surface area contributed by atoms with E-state index in [4.69, 9.17) is 10.8 Å². The van der Waals surface area contributed by atoms with Crippen LogP contribution in [0.15, 0.2) is 36.4 Å². The Kier molecular flexibility index (Phi) is 6.08. The molecule has 0 spiro atoms. The summed E-state index contributed by atoms with van der Waals surface area (Å²) in [5, 5.41) is 11.7. The van der Waals surface area contributed by atoms with Crippen LogP contribution in [0.1, 0.15) is 60.1 Å². The molecule has 0 bridgehead atoms. The summed E-state index contributed by atoms with van der Waals surface area (Å²) in [6.07, 6.45) is 2.23. The lowest BCUT2D eigenvalue weighted by Crippen LogP contribution is -2.18. The molecule has 2 aromatic heterocycles. The molecule has 9 heteroatoms. The molecule has 0 unspecified atom stereocenters. The number of H-pyrrole nitrogens is 1. The van der Waals surface area contributed by atoms with Crippen molar-refractivity contribution in [3.05, 3.63) is 68.8 Å². The van der Waals surface area contributed by atoms with E-state index in [9.17, 15) is 14.4 Å². The number of carbonyl (C=O) groups is 3.